The Kier molecular flexibility index (Phi) is 3.38. The predicted octanol–water partition coefficient (Wildman–Crippen LogP) is 2.28. The molecule has 1 heterocycles. The molecule has 0 aliphatic carbocycles. The molecule has 0 aromatic heterocycles. The molecule has 1 saturated heterocycles. The fraction of sp³-hybridized carbons (Fsp3) is 0.538. The van der Waals surface area contributed by atoms with E-state index in [1.807, 2.05) is 0 Å². The lowest BCUT2D eigenvalue weighted by Crippen LogP contribution is -2.33. The highest BCUT2D eigenvalue weighted by Gasteiger charge is 2.34. The van der Waals surface area contributed by atoms with Gasteiger partial charge in [0, 0.05) is 13.0 Å². The van der Waals surface area contributed by atoms with E-state index >= 15 is 0 Å². The third-order valence-corrected chi connectivity index (χ3v) is 3.36. The molecule has 2 nitrogen and oxygen atoms in total. The van der Waals surface area contributed by atoms with E-state index in [0.717, 1.165) is 6.07 Å². The van der Waals surface area contributed by atoms with Crippen LogP contribution in [0.2, 0.25) is 0 Å². The number of halogens is 3. The summed E-state index contributed by atoms with van der Waals surface area (Å²) in [6.45, 7) is 2.58. The molecule has 1 atom stereocenters. The van der Waals surface area contributed by atoms with Crippen LogP contribution in [-0.2, 0) is 12.6 Å². The Hall–Kier alpha value is -1.07. The molecule has 1 aliphatic heterocycles. The van der Waals surface area contributed by atoms with Crippen molar-refractivity contribution in [2.45, 2.75) is 31.5 Å². The Morgan fingerprint density at radius 3 is 2.67 bits per heavy atom. The summed E-state index contributed by atoms with van der Waals surface area (Å²) >= 11 is 0. The topological polar surface area (TPSA) is 32.3 Å². The van der Waals surface area contributed by atoms with Crippen molar-refractivity contribution in [1.29, 1.82) is 0 Å². The van der Waals surface area contributed by atoms with Crippen LogP contribution in [0.15, 0.2) is 18.2 Å². The Labute approximate surface area is 104 Å². The summed E-state index contributed by atoms with van der Waals surface area (Å²) in [4.78, 5) is 0. The van der Waals surface area contributed by atoms with Crippen molar-refractivity contribution in [1.82, 2.24) is 5.32 Å². The molecular formula is C13H16F3NO. The molecule has 100 valence electrons. The monoisotopic (exact) mass is 259 g/mol. The second-order valence-corrected chi connectivity index (χ2v) is 4.97. The van der Waals surface area contributed by atoms with Gasteiger partial charge in [0.25, 0.3) is 0 Å². The summed E-state index contributed by atoms with van der Waals surface area (Å²) in [5.41, 5.74) is -0.797. The van der Waals surface area contributed by atoms with E-state index < -0.39 is 17.3 Å². The lowest BCUT2D eigenvalue weighted by atomic mass is 9.92. The largest absolute Gasteiger partial charge is 0.416 e. The third-order valence-electron chi connectivity index (χ3n) is 3.36. The summed E-state index contributed by atoms with van der Waals surface area (Å²) in [5.74, 6) is 0. The van der Waals surface area contributed by atoms with Crippen LogP contribution in [0.4, 0.5) is 13.2 Å². The quantitative estimate of drug-likeness (QED) is 0.854. The molecule has 0 radical (unpaired) electrons. The van der Waals surface area contributed by atoms with Gasteiger partial charge in [-0.3, -0.25) is 0 Å². The van der Waals surface area contributed by atoms with Crippen molar-refractivity contribution >= 4 is 0 Å². The lowest BCUT2D eigenvalue weighted by molar-refractivity contribution is -0.138. The Balaban J connectivity index is 2.25. The van der Waals surface area contributed by atoms with Crippen molar-refractivity contribution in [3.05, 3.63) is 34.9 Å². The Morgan fingerprint density at radius 2 is 2.11 bits per heavy atom. The predicted molar refractivity (Wildman–Crippen MR) is 62.3 cm³/mol. The summed E-state index contributed by atoms with van der Waals surface area (Å²) in [6.07, 6.45) is -3.51. The number of benzene rings is 1. The first-order chi connectivity index (χ1) is 8.30. The third kappa shape index (κ3) is 2.84. The SMILES string of the molecule is Cc1ccc(CC2(O)CCNC2)cc1C(F)(F)F. The van der Waals surface area contributed by atoms with E-state index in [4.69, 9.17) is 0 Å². The van der Waals surface area contributed by atoms with Crippen LogP contribution in [0, 0.1) is 6.92 Å². The molecule has 1 aromatic rings. The van der Waals surface area contributed by atoms with E-state index in [9.17, 15) is 18.3 Å². The number of β-amino-alcohol motifs (C(OH)–C–C–N with tert-alkyl or cyclic N) is 1. The second-order valence-electron chi connectivity index (χ2n) is 4.97. The van der Waals surface area contributed by atoms with Crippen LogP contribution < -0.4 is 5.32 Å². The Bertz CT molecular complexity index is 436. The summed E-state index contributed by atoms with van der Waals surface area (Å²) in [5, 5.41) is 13.2. The normalized spacial score (nSPS) is 24.5. The molecule has 18 heavy (non-hydrogen) atoms. The highest BCUT2D eigenvalue weighted by Crippen LogP contribution is 2.33. The minimum atomic E-state index is -4.34. The first-order valence-electron chi connectivity index (χ1n) is 5.90. The number of rotatable bonds is 2. The van der Waals surface area contributed by atoms with Crippen LogP contribution in [0.1, 0.15) is 23.1 Å². The average Bonchev–Trinajstić information content (AvgIpc) is 2.66. The summed E-state index contributed by atoms with van der Waals surface area (Å²) < 4.78 is 38.3. The molecule has 1 fully saturated rings. The van der Waals surface area contributed by atoms with Gasteiger partial charge in [-0.15, -0.1) is 0 Å². The van der Waals surface area contributed by atoms with Gasteiger partial charge in [-0.05, 0) is 37.1 Å². The van der Waals surface area contributed by atoms with Crippen molar-refractivity contribution in [2.75, 3.05) is 13.1 Å². The van der Waals surface area contributed by atoms with E-state index in [2.05, 4.69) is 5.32 Å². The smallest absolute Gasteiger partial charge is 0.388 e. The van der Waals surface area contributed by atoms with Gasteiger partial charge < -0.3 is 10.4 Å². The van der Waals surface area contributed by atoms with E-state index in [-0.39, 0.29) is 12.0 Å². The van der Waals surface area contributed by atoms with Crippen LogP contribution in [-0.4, -0.2) is 23.8 Å². The molecule has 0 bridgehead atoms. The van der Waals surface area contributed by atoms with Crippen molar-refractivity contribution in [3.8, 4) is 0 Å². The zero-order valence-corrected chi connectivity index (χ0v) is 10.1. The number of hydrogen-bond acceptors (Lipinski definition) is 2. The summed E-state index contributed by atoms with van der Waals surface area (Å²) in [6, 6.07) is 4.26. The number of aliphatic hydroxyl groups is 1. The highest BCUT2D eigenvalue weighted by atomic mass is 19.4. The molecule has 1 aromatic carbocycles. The zero-order valence-electron chi connectivity index (χ0n) is 10.1. The molecule has 2 N–H and O–H groups in total. The first-order valence-corrected chi connectivity index (χ1v) is 5.90. The molecule has 0 amide bonds. The second kappa shape index (κ2) is 4.55. The van der Waals surface area contributed by atoms with Gasteiger partial charge in [0.15, 0.2) is 0 Å². The minimum absolute atomic E-state index is 0.211. The fourth-order valence-electron chi connectivity index (χ4n) is 2.35. The number of nitrogens with one attached hydrogen (secondary N) is 1. The van der Waals surface area contributed by atoms with Gasteiger partial charge in [-0.25, -0.2) is 0 Å². The molecular weight excluding hydrogens is 243 g/mol. The minimum Gasteiger partial charge on any atom is -0.388 e. The first kappa shape index (κ1) is 13.4. The van der Waals surface area contributed by atoms with E-state index in [0.29, 0.717) is 25.1 Å². The van der Waals surface area contributed by atoms with E-state index in [1.54, 1.807) is 6.07 Å². The van der Waals surface area contributed by atoms with E-state index in [1.165, 1.54) is 13.0 Å². The number of aryl methyl sites for hydroxylation is 1. The van der Waals surface area contributed by atoms with Crippen molar-refractivity contribution in [3.63, 3.8) is 0 Å². The van der Waals surface area contributed by atoms with Gasteiger partial charge in [-0.1, -0.05) is 12.1 Å². The van der Waals surface area contributed by atoms with Crippen LogP contribution >= 0.6 is 0 Å². The van der Waals surface area contributed by atoms with Crippen molar-refractivity contribution in [2.24, 2.45) is 0 Å². The average molecular weight is 259 g/mol. The lowest BCUT2D eigenvalue weighted by Gasteiger charge is -2.22. The molecule has 1 aliphatic rings. The molecule has 2 rings (SSSR count). The van der Waals surface area contributed by atoms with Crippen LogP contribution in [0.3, 0.4) is 0 Å². The number of hydrogen-bond donors (Lipinski definition) is 2. The standard InChI is InChI=1S/C13H16F3NO/c1-9-2-3-10(6-11(9)13(14,15)16)7-12(18)4-5-17-8-12/h2-3,6,17-18H,4-5,7-8H2,1H3. The Morgan fingerprint density at radius 1 is 1.39 bits per heavy atom. The molecule has 5 heteroatoms. The molecule has 0 spiro atoms. The van der Waals surface area contributed by atoms with Crippen molar-refractivity contribution < 1.29 is 18.3 Å². The summed E-state index contributed by atoms with van der Waals surface area (Å²) in [7, 11) is 0. The maximum atomic E-state index is 12.8. The van der Waals surface area contributed by atoms with Gasteiger partial charge in [0.2, 0.25) is 0 Å². The zero-order chi connectivity index (χ0) is 13.4. The van der Waals surface area contributed by atoms with Gasteiger partial charge in [-0.2, -0.15) is 13.2 Å². The number of alkyl halides is 3. The fourth-order valence-corrected chi connectivity index (χ4v) is 2.35. The van der Waals surface area contributed by atoms with Crippen LogP contribution in [0.25, 0.3) is 0 Å². The van der Waals surface area contributed by atoms with Gasteiger partial charge in [0.05, 0.1) is 11.2 Å². The maximum absolute atomic E-state index is 12.8. The van der Waals surface area contributed by atoms with Gasteiger partial charge >= 0.3 is 6.18 Å². The van der Waals surface area contributed by atoms with Crippen LogP contribution in [0.5, 0.6) is 0 Å². The van der Waals surface area contributed by atoms with Gasteiger partial charge in [0.1, 0.15) is 0 Å². The molecule has 1 unspecified atom stereocenters. The maximum Gasteiger partial charge on any atom is 0.416 e. The highest BCUT2D eigenvalue weighted by molar-refractivity contribution is 5.34. The molecule has 0 saturated carbocycles.